The van der Waals surface area contributed by atoms with E-state index in [4.69, 9.17) is 9.47 Å². The first-order chi connectivity index (χ1) is 14.8. The van der Waals surface area contributed by atoms with Gasteiger partial charge in [0, 0.05) is 19.4 Å². The molecule has 0 aliphatic carbocycles. The summed E-state index contributed by atoms with van der Waals surface area (Å²) in [5.74, 6) is -2.19. The average molecular weight is 440 g/mol. The molecule has 10 nitrogen and oxygen atoms in total. The number of nitrogens with one attached hydrogen (secondary N) is 2. The lowest BCUT2D eigenvalue weighted by Crippen LogP contribution is -2.54. The molecule has 0 radical (unpaired) electrons. The number of hydrogen-bond acceptors (Lipinski definition) is 6. The van der Waals surface area contributed by atoms with E-state index in [1.165, 1.54) is 4.90 Å². The Balaban J connectivity index is 1.47. The summed E-state index contributed by atoms with van der Waals surface area (Å²) in [5, 5.41) is 14.4. The van der Waals surface area contributed by atoms with E-state index in [0.717, 1.165) is 12.8 Å². The smallest absolute Gasteiger partial charge is 0.407 e. The van der Waals surface area contributed by atoms with Gasteiger partial charge in [-0.1, -0.05) is 20.3 Å². The number of carbonyl (C=O) groups excluding carboxylic acids is 3. The topological polar surface area (TPSA) is 134 Å². The Hall–Kier alpha value is -2.36. The number of carbonyl (C=O) groups is 4. The second kappa shape index (κ2) is 10.3. The molecule has 174 valence electrons. The van der Waals surface area contributed by atoms with Crippen LogP contribution >= 0.6 is 0 Å². The molecule has 31 heavy (non-hydrogen) atoms. The summed E-state index contributed by atoms with van der Waals surface area (Å²) in [7, 11) is 0. The normalized spacial score (nSPS) is 29.2. The van der Waals surface area contributed by atoms with E-state index in [0.29, 0.717) is 38.6 Å². The Morgan fingerprint density at radius 3 is 2.45 bits per heavy atom. The SMILES string of the molecule is CCC(C)C(NC(=O)C1CCCN1C(=O)CNC(=O)OC1CC2CCC(C1)O2)C(=O)O. The van der Waals surface area contributed by atoms with E-state index in [1.807, 2.05) is 6.92 Å². The number of nitrogens with zero attached hydrogens (tertiary/aromatic N) is 1. The molecule has 3 heterocycles. The summed E-state index contributed by atoms with van der Waals surface area (Å²) >= 11 is 0. The van der Waals surface area contributed by atoms with Crippen LogP contribution in [0, 0.1) is 5.92 Å². The Kier molecular flexibility index (Phi) is 7.74. The Bertz CT molecular complexity index is 688. The number of fused-ring (bicyclic) bond motifs is 2. The summed E-state index contributed by atoms with van der Waals surface area (Å²) in [6.07, 6.45) is 4.46. The second-order valence-corrected chi connectivity index (χ2v) is 8.76. The molecule has 3 fully saturated rings. The van der Waals surface area contributed by atoms with Gasteiger partial charge in [0.05, 0.1) is 12.2 Å². The van der Waals surface area contributed by atoms with Gasteiger partial charge in [0.1, 0.15) is 24.7 Å². The Labute approximate surface area is 182 Å². The molecule has 3 aliphatic rings. The van der Waals surface area contributed by atoms with Crippen LogP contribution in [0.1, 0.15) is 58.8 Å². The van der Waals surface area contributed by atoms with Crippen molar-refractivity contribution in [2.75, 3.05) is 13.1 Å². The van der Waals surface area contributed by atoms with E-state index in [9.17, 15) is 24.3 Å². The molecule has 5 atom stereocenters. The highest BCUT2D eigenvalue weighted by atomic mass is 16.6. The number of rotatable bonds is 8. The fourth-order valence-corrected chi connectivity index (χ4v) is 4.62. The van der Waals surface area contributed by atoms with Gasteiger partial charge in [-0.05, 0) is 31.6 Å². The van der Waals surface area contributed by atoms with Crippen LogP contribution in [0.4, 0.5) is 4.79 Å². The minimum atomic E-state index is -1.09. The van der Waals surface area contributed by atoms with Crippen molar-refractivity contribution in [3.05, 3.63) is 0 Å². The molecule has 0 spiro atoms. The van der Waals surface area contributed by atoms with Crippen LogP contribution < -0.4 is 10.6 Å². The lowest BCUT2D eigenvalue weighted by atomic mass is 9.99. The summed E-state index contributed by atoms with van der Waals surface area (Å²) in [6.45, 7) is 3.73. The zero-order chi connectivity index (χ0) is 22.5. The van der Waals surface area contributed by atoms with E-state index < -0.39 is 36.0 Å². The van der Waals surface area contributed by atoms with Gasteiger partial charge in [-0.2, -0.15) is 0 Å². The number of ether oxygens (including phenoxy) is 2. The third-order valence-corrected chi connectivity index (χ3v) is 6.56. The molecule has 5 unspecified atom stereocenters. The van der Waals surface area contributed by atoms with Crippen molar-refractivity contribution in [1.82, 2.24) is 15.5 Å². The molecule has 10 heteroatoms. The van der Waals surface area contributed by atoms with Crippen LogP contribution in [0.3, 0.4) is 0 Å². The number of likely N-dealkylation sites (tertiary alicyclic amines) is 1. The first kappa shape index (κ1) is 23.3. The van der Waals surface area contributed by atoms with E-state index in [1.54, 1.807) is 6.92 Å². The standard InChI is InChI=1S/C21H33N3O7/c1-3-12(2)18(20(27)28)23-19(26)16-5-4-8-24(16)17(25)11-22-21(29)31-15-9-13-6-7-14(10-15)30-13/h12-16,18H,3-11H2,1-2H3,(H,22,29)(H,23,26)(H,27,28). The predicted octanol–water partition coefficient (Wildman–Crippen LogP) is 1.03. The van der Waals surface area contributed by atoms with Gasteiger partial charge in [0.25, 0.3) is 0 Å². The summed E-state index contributed by atoms with van der Waals surface area (Å²) in [6, 6.07) is -1.74. The van der Waals surface area contributed by atoms with Gasteiger partial charge in [0.2, 0.25) is 11.8 Å². The zero-order valence-corrected chi connectivity index (χ0v) is 18.2. The predicted molar refractivity (Wildman–Crippen MR) is 109 cm³/mol. The summed E-state index contributed by atoms with van der Waals surface area (Å²) in [4.78, 5) is 50.3. The molecule has 2 bridgehead atoms. The number of amides is 3. The summed E-state index contributed by atoms with van der Waals surface area (Å²) < 4.78 is 11.2. The highest BCUT2D eigenvalue weighted by Crippen LogP contribution is 2.33. The second-order valence-electron chi connectivity index (χ2n) is 8.76. The number of hydrogen-bond donors (Lipinski definition) is 3. The zero-order valence-electron chi connectivity index (χ0n) is 18.2. The number of alkyl carbamates (subject to hydrolysis) is 1. The van der Waals surface area contributed by atoms with Crippen molar-refractivity contribution in [2.24, 2.45) is 5.92 Å². The van der Waals surface area contributed by atoms with Crippen LogP contribution in [0.25, 0.3) is 0 Å². The van der Waals surface area contributed by atoms with Gasteiger partial charge in [-0.3, -0.25) is 9.59 Å². The lowest BCUT2D eigenvalue weighted by molar-refractivity contribution is -0.145. The van der Waals surface area contributed by atoms with Gasteiger partial charge in [0.15, 0.2) is 0 Å². The van der Waals surface area contributed by atoms with Crippen LogP contribution in [-0.4, -0.2) is 77.4 Å². The highest BCUT2D eigenvalue weighted by molar-refractivity contribution is 5.92. The van der Waals surface area contributed by atoms with Crippen LogP contribution in [0.5, 0.6) is 0 Å². The van der Waals surface area contributed by atoms with Crippen molar-refractivity contribution < 1.29 is 33.8 Å². The van der Waals surface area contributed by atoms with E-state index >= 15 is 0 Å². The molecule has 0 saturated carbocycles. The minimum absolute atomic E-state index is 0.145. The van der Waals surface area contributed by atoms with Gasteiger partial charge >= 0.3 is 12.1 Å². The van der Waals surface area contributed by atoms with Crippen LogP contribution in [0.2, 0.25) is 0 Å². The maximum atomic E-state index is 12.7. The van der Waals surface area contributed by atoms with E-state index in [-0.39, 0.29) is 30.8 Å². The molecule has 3 rings (SSSR count). The van der Waals surface area contributed by atoms with Crippen LogP contribution in [0.15, 0.2) is 0 Å². The Morgan fingerprint density at radius 1 is 1.16 bits per heavy atom. The van der Waals surface area contributed by atoms with Gasteiger partial charge < -0.3 is 30.1 Å². The molecule has 0 aromatic carbocycles. The quantitative estimate of drug-likeness (QED) is 0.514. The van der Waals surface area contributed by atoms with Crippen molar-refractivity contribution in [1.29, 1.82) is 0 Å². The third kappa shape index (κ3) is 5.87. The number of carboxylic acid groups (broad SMARTS) is 1. The van der Waals surface area contributed by atoms with Gasteiger partial charge in [-0.15, -0.1) is 0 Å². The minimum Gasteiger partial charge on any atom is -0.480 e. The first-order valence-corrected chi connectivity index (χ1v) is 11.2. The van der Waals surface area contributed by atoms with Crippen molar-refractivity contribution in [3.8, 4) is 0 Å². The molecular formula is C21H33N3O7. The summed E-state index contributed by atoms with van der Waals surface area (Å²) in [5.41, 5.74) is 0. The largest absolute Gasteiger partial charge is 0.480 e. The molecule has 3 aliphatic heterocycles. The Morgan fingerprint density at radius 2 is 1.84 bits per heavy atom. The maximum Gasteiger partial charge on any atom is 0.407 e. The highest BCUT2D eigenvalue weighted by Gasteiger charge is 2.38. The maximum absolute atomic E-state index is 12.7. The molecule has 3 amide bonds. The first-order valence-electron chi connectivity index (χ1n) is 11.2. The van der Waals surface area contributed by atoms with Crippen molar-refractivity contribution in [2.45, 2.75) is 89.2 Å². The number of carboxylic acids is 1. The van der Waals surface area contributed by atoms with Crippen LogP contribution in [-0.2, 0) is 23.9 Å². The lowest BCUT2D eigenvalue weighted by Gasteiger charge is -2.28. The average Bonchev–Trinajstić information content (AvgIpc) is 3.35. The van der Waals surface area contributed by atoms with Crippen molar-refractivity contribution in [3.63, 3.8) is 0 Å². The molecule has 0 aromatic heterocycles. The molecule has 3 saturated heterocycles. The van der Waals surface area contributed by atoms with Gasteiger partial charge in [-0.25, -0.2) is 9.59 Å². The van der Waals surface area contributed by atoms with E-state index in [2.05, 4.69) is 10.6 Å². The number of aliphatic carboxylic acids is 1. The van der Waals surface area contributed by atoms with Crippen molar-refractivity contribution >= 4 is 23.9 Å². The monoisotopic (exact) mass is 439 g/mol. The molecule has 3 N–H and O–H groups in total. The molecular weight excluding hydrogens is 406 g/mol. The third-order valence-electron chi connectivity index (χ3n) is 6.56. The fraction of sp³-hybridized carbons (Fsp3) is 0.810. The molecule has 0 aromatic rings. The fourth-order valence-electron chi connectivity index (χ4n) is 4.62.